The van der Waals surface area contributed by atoms with Gasteiger partial charge in [-0.25, -0.2) is 4.39 Å². The zero-order valence-electron chi connectivity index (χ0n) is 11.8. The lowest BCUT2D eigenvalue weighted by molar-refractivity contribution is -0.120. The maximum atomic E-state index is 13.5. The van der Waals surface area contributed by atoms with E-state index in [0.29, 0.717) is 4.47 Å². The van der Waals surface area contributed by atoms with Crippen LogP contribution in [-0.4, -0.2) is 18.7 Å². The molecule has 0 atom stereocenters. The maximum absolute atomic E-state index is 13.5. The van der Waals surface area contributed by atoms with Crippen LogP contribution in [0.5, 0.6) is 0 Å². The molecule has 114 valence electrons. The van der Waals surface area contributed by atoms with E-state index in [1.54, 1.807) is 6.07 Å². The average Bonchev–Trinajstić information content (AvgIpc) is 2.48. The normalized spacial score (nSPS) is 10.7. The fraction of sp³-hybridized carbons (Fsp3) is 0.125. The molecule has 2 aromatic rings. The topological polar surface area (TPSA) is 50.7 Å². The van der Waals surface area contributed by atoms with Gasteiger partial charge in [-0.05, 0) is 36.2 Å². The number of carbonyl (C=O) groups excluding carboxylic acids is 1. The Balaban J connectivity index is 1.84. The van der Waals surface area contributed by atoms with Crippen LogP contribution in [-0.2, 0) is 9.63 Å². The van der Waals surface area contributed by atoms with Crippen molar-refractivity contribution in [3.8, 4) is 0 Å². The third-order valence-corrected chi connectivity index (χ3v) is 3.35. The van der Waals surface area contributed by atoms with Crippen LogP contribution < -0.4 is 5.32 Å². The molecule has 4 nitrogen and oxygen atoms in total. The highest BCUT2D eigenvalue weighted by atomic mass is 79.9. The second-order valence-electron chi connectivity index (χ2n) is 4.54. The van der Waals surface area contributed by atoms with Crippen molar-refractivity contribution in [2.24, 2.45) is 5.16 Å². The molecule has 0 aliphatic carbocycles. The Morgan fingerprint density at radius 2 is 2.14 bits per heavy atom. The monoisotopic (exact) mass is 364 g/mol. The Hall–Kier alpha value is -2.21. The molecule has 0 saturated heterocycles. The van der Waals surface area contributed by atoms with E-state index in [0.717, 1.165) is 11.1 Å². The molecule has 0 aliphatic rings. The molecule has 0 aliphatic heterocycles. The van der Waals surface area contributed by atoms with Crippen LogP contribution in [0, 0.1) is 12.7 Å². The minimum atomic E-state index is -0.522. The summed E-state index contributed by atoms with van der Waals surface area (Å²) >= 11 is 3.15. The summed E-state index contributed by atoms with van der Waals surface area (Å²) in [6, 6.07) is 12.0. The van der Waals surface area contributed by atoms with Gasteiger partial charge in [0.15, 0.2) is 6.61 Å². The molecule has 1 amide bonds. The van der Waals surface area contributed by atoms with Gasteiger partial charge < -0.3 is 10.2 Å². The van der Waals surface area contributed by atoms with Crippen LogP contribution in [0.4, 0.5) is 10.1 Å². The number of amides is 1. The summed E-state index contributed by atoms with van der Waals surface area (Å²) in [7, 11) is 0. The maximum Gasteiger partial charge on any atom is 0.265 e. The Bertz CT molecular complexity index is 704. The van der Waals surface area contributed by atoms with Crippen molar-refractivity contribution < 1.29 is 14.0 Å². The van der Waals surface area contributed by atoms with Gasteiger partial charge in [0.1, 0.15) is 5.82 Å². The summed E-state index contributed by atoms with van der Waals surface area (Å²) in [5.41, 5.74) is 2.05. The first-order valence-corrected chi connectivity index (χ1v) is 7.31. The van der Waals surface area contributed by atoms with Gasteiger partial charge >= 0.3 is 0 Å². The standard InChI is InChI=1S/C16H14BrFN2O2/c1-11-4-2-3-5-12(11)9-19-22-10-16(21)20-15-7-6-13(17)8-14(15)18/h2-9H,10H2,1H3,(H,20,21)/b19-9-. The number of nitrogens with one attached hydrogen (secondary N) is 1. The molecule has 0 heterocycles. The molecular formula is C16H14BrFN2O2. The summed E-state index contributed by atoms with van der Waals surface area (Å²) in [5, 5.41) is 6.15. The molecule has 22 heavy (non-hydrogen) atoms. The van der Waals surface area contributed by atoms with Crippen molar-refractivity contribution >= 4 is 33.7 Å². The van der Waals surface area contributed by atoms with Crippen LogP contribution >= 0.6 is 15.9 Å². The van der Waals surface area contributed by atoms with Crippen molar-refractivity contribution in [2.75, 3.05) is 11.9 Å². The molecule has 0 bridgehead atoms. The first-order chi connectivity index (χ1) is 10.6. The van der Waals surface area contributed by atoms with Gasteiger partial charge in [-0.2, -0.15) is 0 Å². The first-order valence-electron chi connectivity index (χ1n) is 6.52. The molecule has 6 heteroatoms. The number of benzene rings is 2. The number of hydrogen-bond donors (Lipinski definition) is 1. The van der Waals surface area contributed by atoms with E-state index in [4.69, 9.17) is 4.84 Å². The second kappa shape index (κ2) is 7.70. The molecular weight excluding hydrogens is 351 g/mol. The third kappa shape index (κ3) is 4.66. The Morgan fingerprint density at radius 3 is 2.86 bits per heavy atom. The van der Waals surface area contributed by atoms with Crippen molar-refractivity contribution in [2.45, 2.75) is 6.92 Å². The summed E-state index contributed by atoms with van der Waals surface area (Å²) in [4.78, 5) is 16.6. The number of carbonyl (C=O) groups is 1. The van der Waals surface area contributed by atoms with Gasteiger partial charge in [0.25, 0.3) is 5.91 Å². The van der Waals surface area contributed by atoms with Crippen molar-refractivity contribution in [3.05, 3.63) is 63.9 Å². The lowest BCUT2D eigenvalue weighted by Gasteiger charge is -2.05. The van der Waals surface area contributed by atoms with E-state index in [1.807, 2.05) is 31.2 Å². The zero-order valence-corrected chi connectivity index (χ0v) is 13.4. The smallest absolute Gasteiger partial charge is 0.265 e. The largest absolute Gasteiger partial charge is 0.386 e. The molecule has 0 aromatic heterocycles. The lowest BCUT2D eigenvalue weighted by atomic mass is 10.1. The van der Waals surface area contributed by atoms with E-state index >= 15 is 0 Å². The molecule has 0 unspecified atom stereocenters. The molecule has 0 saturated carbocycles. The van der Waals surface area contributed by atoms with Crippen LogP contribution in [0.2, 0.25) is 0 Å². The van der Waals surface area contributed by atoms with Crippen LogP contribution in [0.25, 0.3) is 0 Å². The predicted octanol–water partition coefficient (Wildman–Crippen LogP) is 3.89. The molecule has 0 fully saturated rings. The predicted molar refractivity (Wildman–Crippen MR) is 87.5 cm³/mol. The minimum Gasteiger partial charge on any atom is -0.386 e. The first kappa shape index (κ1) is 16.2. The molecule has 0 spiro atoms. The number of oxime groups is 1. The Labute approximate surface area is 136 Å². The van der Waals surface area contributed by atoms with Gasteiger partial charge in [-0.15, -0.1) is 0 Å². The van der Waals surface area contributed by atoms with Gasteiger partial charge in [0, 0.05) is 4.47 Å². The summed E-state index contributed by atoms with van der Waals surface area (Å²) in [6.07, 6.45) is 1.53. The SMILES string of the molecule is Cc1ccccc1/C=N\OCC(=O)Nc1ccc(Br)cc1F. The van der Waals surface area contributed by atoms with E-state index in [2.05, 4.69) is 26.4 Å². The third-order valence-electron chi connectivity index (χ3n) is 2.86. The van der Waals surface area contributed by atoms with Gasteiger partial charge in [-0.3, -0.25) is 4.79 Å². The van der Waals surface area contributed by atoms with E-state index < -0.39 is 11.7 Å². The minimum absolute atomic E-state index is 0.0969. The highest BCUT2D eigenvalue weighted by Crippen LogP contribution is 2.19. The number of rotatable bonds is 5. The van der Waals surface area contributed by atoms with Crippen molar-refractivity contribution in [1.82, 2.24) is 0 Å². The molecule has 2 rings (SSSR count). The van der Waals surface area contributed by atoms with Crippen LogP contribution in [0.3, 0.4) is 0 Å². The Morgan fingerprint density at radius 1 is 1.36 bits per heavy atom. The second-order valence-corrected chi connectivity index (χ2v) is 5.45. The van der Waals surface area contributed by atoms with E-state index in [1.165, 1.54) is 18.3 Å². The van der Waals surface area contributed by atoms with Gasteiger partial charge in [0.2, 0.25) is 0 Å². The van der Waals surface area contributed by atoms with E-state index in [9.17, 15) is 9.18 Å². The van der Waals surface area contributed by atoms with E-state index in [-0.39, 0.29) is 12.3 Å². The van der Waals surface area contributed by atoms with Crippen molar-refractivity contribution in [1.29, 1.82) is 0 Å². The number of hydrogen-bond acceptors (Lipinski definition) is 3. The number of halogens is 2. The fourth-order valence-corrected chi connectivity index (χ4v) is 2.03. The highest BCUT2D eigenvalue weighted by Gasteiger charge is 2.07. The summed E-state index contributed by atoms with van der Waals surface area (Å²) in [6.45, 7) is 1.66. The Kier molecular flexibility index (Phi) is 5.66. The van der Waals surface area contributed by atoms with Crippen LogP contribution in [0.1, 0.15) is 11.1 Å². The molecule has 0 radical (unpaired) electrons. The lowest BCUT2D eigenvalue weighted by Crippen LogP contribution is -2.17. The summed E-state index contributed by atoms with van der Waals surface area (Å²) < 4.78 is 14.1. The van der Waals surface area contributed by atoms with Gasteiger partial charge in [-0.1, -0.05) is 45.4 Å². The van der Waals surface area contributed by atoms with Crippen LogP contribution in [0.15, 0.2) is 52.1 Å². The number of anilines is 1. The van der Waals surface area contributed by atoms with Gasteiger partial charge in [0.05, 0.1) is 11.9 Å². The zero-order chi connectivity index (χ0) is 15.9. The quantitative estimate of drug-likeness (QED) is 0.646. The number of aryl methyl sites for hydroxylation is 1. The average molecular weight is 365 g/mol. The molecule has 1 N–H and O–H groups in total. The van der Waals surface area contributed by atoms with Crippen molar-refractivity contribution in [3.63, 3.8) is 0 Å². The molecule has 2 aromatic carbocycles. The fourth-order valence-electron chi connectivity index (χ4n) is 1.70. The summed E-state index contributed by atoms with van der Waals surface area (Å²) in [5.74, 6) is -1.01. The number of nitrogens with zero attached hydrogens (tertiary/aromatic N) is 1. The highest BCUT2D eigenvalue weighted by molar-refractivity contribution is 9.10.